The lowest BCUT2D eigenvalue weighted by Gasteiger charge is -2.08. The second-order valence-corrected chi connectivity index (χ2v) is 6.28. The van der Waals surface area contributed by atoms with Gasteiger partial charge in [-0.25, -0.2) is 4.98 Å². The van der Waals surface area contributed by atoms with Crippen LogP contribution in [0.25, 0.3) is 11.1 Å². The third-order valence-corrected chi connectivity index (χ3v) is 4.15. The number of carbonyl (C=O) groups is 1. The van der Waals surface area contributed by atoms with Gasteiger partial charge in [0.1, 0.15) is 11.2 Å². The first-order valence-corrected chi connectivity index (χ1v) is 8.23. The number of hydrogen-bond donors (Lipinski definition) is 2. The summed E-state index contributed by atoms with van der Waals surface area (Å²) in [5, 5.41) is 17.2. The van der Waals surface area contributed by atoms with Gasteiger partial charge in [0.25, 0.3) is 11.6 Å². The van der Waals surface area contributed by atoms with Gasteiger partial charge in [-0.2, -0.15) is 0 Å². The summed E-state index contributed by atoms with van der Waals surface area (Å²) in [5.41, 5.74) is 2.36. The van der Waals surface area contributed by atoms with Crippen molar-refractivity contribution in [2.45, 2.75) is 25.8 Å². The fourth-order valence-electron chi connectivity index (χ4n) is 2.72. The summed E-state index contributed by atoms with van der Waals surface area (Å²) in [6.07, 6.45) is 2.01. The van der Waals surface area contributed by atoms with Crippen LogP contribution in [0.15, 0.2) is 40.8 Å². The van der Waals surface area contributed by atoms with E-state index in [2.05, 4.69) is 15.6 Å². The van der Waals surface area contributed by atoms with Crippen molar-refractivity contribution in [2.24, 2.45) is 0 Å². The summed E-state index contributed by atoms with van der Waals surface area (Å²) < 4.78 is 5.40. The molecule has 1 aromatic heterocycles. The number of anilines is 2. The Balaban J connectivity index is 1.58. The second-order valence-electron chi connectivity index (χ2n) is 6.28. The zero-order valence-electron chi connectivity index (χ0n) is 14.0. The number of hydrogen-bond acceptors (Lipinski definition) is 6. The van der Waals surface area contributed by atoms with Gasteiger partial charge in [-0.15, -0.1) is 0 Å². The first kappa shape index (κ1) is 16.1. The summed E-state index contributed by atoms with van der Waals surface area (Å²) in [6, 6.07) is 9.84. The summed E-state index contributed by atoms with van der Waals surface area (Å²) in [5.74, 6) is 0.114. The monoisotopic (exact) mass is 352 g/mol. The Bertz CT molecular complexity index is 1020. The summed E-state index contributed by atoms with van der Waals surface area (Å²) in [7, 11) is 0. The number of nitrogens with one attached hydrogen (secondary N) is 2. The van der Waals surface area contributed by atoms with Gasteiger partial charge in [0.15, 0.2) is 11.5 Å². The number of amides is 1. The van der Waals surface area contributed by atoms with E-state index in [1.54, 1.807) is 37.3 Å². The quantitative estimate of drug-likeness (QED) is 0.533. The van der Waals surface area contributed by atoms with E-state index in [0.29, 0.717) is 28.4 Å². The van der Waals surface area contributed by atoms with E-state index in [1.807, 2.05) is 0 Å². The number of nitrogens with zero attached hydrogens (tertiary/aromatic N) is 2. The first-order valence-electron chi connectivity index (χ1n) is 8.23. The number of nitro groups is 1. The van der Waals surface area contributed by atoms with Crippen molar-refractivity contribution in [3.05, 3.63) is 58.0 Å². The minimum Gasteiger partial charge on any atom is -0.441 e. The van der Waals surface area contributed by atoms with E-state index >= 15 is 0 Å². The molecule has 132 valence electrons. The minimum atomic E-state index is -0.480. The van der Waals surface area contributed by atoms with Crippen molar-refractivity contribution in [1.82, 2.24) is 4.98 Å². The molecule has 26 heavy (non-hydrogen) atoms. The predicted molar refractivity (Wildman–Crippen MR) is 96.4 cm³/mol. The Morgan fingerprint density at radius 2 is 2.08 bits per heavy atom. The molecule has 2 N–H and O–H groups in total. The van der Waals surface area contributed by atoms with E-state index in [0.717, 1.165) is 12.8 Å². The van der Waals surface area contributed by atoms with Crippen LogP contribution in [0.1, 0.15) is 29.1 Å². The van der Waals surface area contributed by atoms with Gasteiger partial charge in [0.05, 0.1) is 4.92 Å². The fourth-order valence-corrected chi connectivity index (χ4v) is 2.72. The molecule has 2 aromatic carbocycles. The summed E-state index contributed by atoms with van der Waals surface area (Å²) >= 11 is 0. The molecule has 1 heterocycles. The maximum Gasteiger partial charge on any atom is 0.293 e. The Morgan fingerprint density at radius 3 is 2.81 bits per heavy atom. The number of benzene rings is 2. The number of nitro benzene ring substituents is 1. The lowest BCUT2D eigenvalue weighted by Crippen LogP contribution is -2.13. The molecule has 1 saturated carbocycles. The highest BCUT2D eigenvalue weighted by Crippen LogP contribution is 2.31. The third-order valence-electron chi connectivity index (χ3n) is 4.15. The molecule has 1 aliphatic rings. The Morgan fingerprint density at radius 1 is 1.27 bits per heavy atom. The lowest BCUT2D eigenvalue weighted by atomic mass is 10.1. The molecular formula is C18H16N4O4. The molecule has 1 fully saturated rings. The van der Waals surface area contributed by atoms with Gasteiger partial charge < -0.3 is 15.1 Å². The number of aromatic nitrogens is 1. The van der Waals surface area contributed by atoms with Gasteiger partial charge in [-0.05, 0) is 43.2 Å². The average Bonchev–Trinajstić information content (AvgIpc) is 3.33. The lowest BCUT2D eigenvalue weighted by molar-refractivity contribution is -0.384. The van der Waals surface area contributed by atoms with Crippen LogP contribution in [0, 0.1) is 17.0 Å². The van der Waals surface area contributed by atoms with Crippen molar-refractivity contribution < 1.29 is 14.1 Å². The number of fused-ring (bicyclic) bond motifs is 1. The van der Waals surface area contributed by atoms with Gasteiger partial charge in [0, 0.05) is 30.3 Å². The molecule has 0 atom stereocenters. The summed E-state index contributed by atoms with van der Waals surface area (Å²) in [4.78, 5) is 27.5. The SMILES string of the molecule is Cc1nc2cc(NC(=O)c3ccc(NC4CC4)c([N+](=O)[O-])c3)ccc2o1. The van der Waals surface area contributed by atoms with Gasteiger partial charge in [0.2, 0.25) is 0 Å². The molecule has 1 aliphatic carbocycles. The predicted octanol–water partition coefficient (Wildman–Crippen LogP) is 3.87. The third kappa shape index (κ3) is 3.21. The normalized spacial score (nSPS) is 13.6. The smallest absolute Gasteiger partial charge is 0.293 e. The highest BCUT2D eigenvalue weighted by atomic mass is 16.6. The van der Waals surface area contributed by atoms with Crippen LogP contribution in [0.2, 0.25) is 0 Å². The van der Waals surface area contributed by atoms with E-state index in [1.165, 1.54) is 6.07 Å². The van der Waals surface area contributed by atoms with Crippen LogP contribution < -0.4 is 10.6 Å². The number of oxazole rings is 1. The summed E-state index contributed by atoms with van der Waals surface area (Å²) in [6.45, 7) is 1.74. The van der Waals surface area contributed by atoms with Gasteiger partial charge in [-0.3, -0.25) is 14.9 Å². The van der Waals surface area contributed by atoms with Crippen molar-refractivity contribution >= 4 is 34.1 Å². The number of aryl methyl sites for hydroxylation is 1. The Labute approximate surface area is 148 Å². The maximum atomic E-state index is 12.5. The van der Waals surface area contributed by atoms with Crippen molar-refractivity contribution in [3.63, 3.8) is 0 Å². The van der Waals surface area contributed by atoms with Crippen molar-refractivity contribution in [1.29, 1.82) is 0 Å². The molecule has 0 unspecified atom stereocenters. The average molecular weight is 352 g/mol. The van der Waals surface area contributed by atoms with E-state index in [4.69, 9.17) is 4.42 Å². The van der Waals surface area contributed by atoms with Crippen molar-refractivity contribution in [2.75, 3.05) is 10.6 Å². The van der Waals surface area contributed by atoms with Crippen LogP contribution in [-0.4, -0.2) is 21.9 Å². The largest absolute Gasteiger partial charge is 0.441 e. The highest BCUT2D eigenvalue weighted by molar-refractivity contribution is 6.05. The highest BCUT2D eigenvalue weighted by Gasteiger charge is 2.25. The molecule has 4 rings (SSSR count). The number of rotatable bonds is 5. The van der Waals surface area contributed by atoms with E-state index in [-0.39, 0.29) is 17.3 Å². The van der Waals surface area contributed by atoms with Crippen LogP contribution in [0.4, 0.5) is 17.1 Å². The van der Waals surface area contributed by atoms with Crippen LogP contribution in [-0.2, 0) is 0 Å². The molecule has 0 spiro atoms. The zero-order valence-corrected chi connectivity index (χ0v) is 14.0. The van der Waals surface area contributed by atoms with Crippen LogP contribution >= 0.6 is 0 Å². The van der Waals surface area contributed by atoms with Crippen LogP contribution in [0.3, 0.4) is 0 Å². The standard InChI is InChI=1S/C18H16N4O4/c1-10-19-15-9-13(5-7-17(15)26-10)21-18(23)11-2-6-14(20-12-3-4-12)16(8-11)22(24)25/h2,5-9,12,20H,3-4H2,1H3,(H,21,23). The zero-order chi connectivity index (χ0) is 18.3. The molecule has 0 radical (unpaired) electrons. The molecule has 0 bridgehead atoms. The molecule has 1 amide bonds. The van der Waals surface area contributed by atoms with E-state index < -0.39 is 10.8 Å². The Kier molecular flexibility index (Phi) is 3.80. The number of carbonyl (C=O) groups excluding carboxylic acids is 1. The molecule has 3 aromatic rings. The second kappa shape index (κ2) is 6.14. The molecule has 0 aliphatic heterocycles. The molecule has 8 nitrogen and oxygen atoms in total. The first-order chi connectivity index (χ1) is 12.5. The molecular weight excluding hydrogens is 336 g/mol. The van der Waals surface area contributed by atoms with Gasteiger partial charge >= 0.3 is 0 Å². The Hall–Kier alpha value is -3.42. The van der Waals surface area contributed by atoms with Gasteiger partial charge in [-0.1, -0.05) is 0 Å². The molecule has 8 heteroatoms. The molecule has 0 saturated heterocycles. The van der Waals surface area contributed by atoms with E-state index in [9.17, 15) is 14.9 Å². The topological polar surface area (TPSA) is 110 Å². The van der Waals surface area contributed by atoms with Crippen LogP contribution in [0.5, 0.6) is 0 Å². The van der Waals surface area contributed by atoms with Crippen molar-refractivity contribution in [3.8, 4) is 0 Å². The maximum absolute atomic E-state index is 12.5. The minimum absolute atomic E-state index is 0.105. The fraction of sp³-hybridized carbons (Fsp3) is 0.222.